The minimum atomic E-state index is -2.19. The van der Waals surface area contributed by atoms with Gasteiger partial charge in [-0.1, -0.05) is 18.2 Å². The zero-order valence-electron chi connectivity index (χ0n) is 9.08. The summed E-state index contributed by atoms with van der Waals surface area (Å²) in [5, 5.41) is 8.63. The fraction of sp³-hybridized carbons (Fsp3) is 0.400. The van der Waals surface area contributed by atoms with Gasteiger partial charge in [0.25, 0.3) is 0 Å². The van der Waals surface area contributed by atoms with Crippen LogP contribution < -0.4 is 0 Å². The van der Waals surface area contributed by atoms with Crippen molar-refractivity contribution in [3.05, 3.63) is 30.3 Å². The summed E-state index contributed by atoms with van der Waals surface area (Å²) in [6.07, 6.45) is 0. The lowest BCUT2D eigenvalue weighted by Crippen LogP contribution is -2.15. The van der Waals surface area contributed by atoms with Crippen LogP contribution in [-0.2, 0) is 4.52 Å². The highest BCUT2D eigenvalue weighted by Gasteiger charge is 2.14. The van der Waals surface area contributed by atoms with E-state index in [2.05, 4.69) is 4.52 Å². The molecule has 0 bridgehead atoms. The van der Waals surface area contributed by atoms with Gasteiger partial charge in [0.2, 0.25) is 0 Å². The first-order valence-corrected chi connectivity index (χ1v) is 5.59. The lowest BCUT2D eigenvalue weighted by Gasteiger charge is -2.18. The normalized spacial score (nSPS) is 10.8. The fourth-order valence-corrected chi connectivity index (χ4v) is 1.16. The smallest absolute Gasteiger partial charge is 0.327 e. The molecule has 1 aromatic rings. The number of aromatic hydroxyl groups is 1. The maximum atomic E-state index is 8.63. The zero-order chi connectivity index (χ0) is 11.9. The van der Waals surface area contributed by atoms with E-state index in [0.717, 1.165) is 0 Å². The molecule has 4 nitrogen and oxygen atoms in total. The van der Waals surface area contributed by atoms with Gasteiger partial charge in [-0.15, -0.1) is 0 Å². The van der Waals surface area contributed by atoms with Gasteiger partial charge in [-0.25, -0.2) is 0 Å². The van der Waals surface area contributed by atoms with Crippen LogP contribution in [0.1, 0.15) is 20.8 Å². The second kappa shape index (κ2) is 6.75. The summed E-state index contributed by atoms with van der Waals surface area (Å²) >= 11 is 0. The lowest BCUT2D eigenvalue weighted by atomic mass is 10.2. The SMILES string of the molecule is CC(C)(C)OP(O)O.Oc1ccccc1. The minimum Gasteiger partial charge on any atom is -0.508 e. The van der Waals surface area contributed by atoms with E-state index >= 15 is 0 Å². The van der Waals surface area contributed by atoms with E-state index in [9.17, 15) is 0 Å². The summed E-state index contributed by atoms with van der Waals surface area (Å²) in [6, 6.07) is 8.71. The molecule has 0 unspecified atom stereocenters. The summed E-state index contributed by atoms with van der Waals surface area (Å²) in [5.41, 5.74) is -0.449. The molecule has 0 aliphatic carbocycles. The molecule has 0 fully saturated rings. The molecular weight excluding hydrogens is 215 g/mol. The Hall–Kier alpha value is -0.670. The van der Waals surface area contributed by atoms with E-state index in [1.807, 2.05) is 6.07 Å². The standard InChI is InChI=1S/C6H6O.C4H11O3P/c7-6-4-2-1-3-5-6;1-4(2,3)7-8(5)6/h1-5,7H;5-6H,1-3H3. The molecule has 0 amide bonds. The average Bonchev–Trinajstić information content (AvgIpc) is 2.01. The molecule has 0 spiro atoms. The van der Waals surface area contributed by atoms with E-state index in [0.29, 0.717) is 5.75 Å². The maximum Gasteiger partial charge on any atom is 0.327 e. The summed E-state index contributed by atoms with van der Waals surface area (Å²) < 4.78 is 4.61. The largest absolute Gasteiger partial charge is 0.508 e. The second-order valence-electron chi connectivity index (χ2n) is 3.79. The van der Waals surface area contributed by atoms with E-state index in [1.54, 1.807) is 45.0 Å². The van der Waals surface area contributed by atoms with Gasteiger partial charge < -0.3 is 19.4 Å². The van der Waals surface area contributed by atoms with Crippen LogP contribution in [0.3, 0.4) is 0 Å². The monoisotopic (exact) mass is 232 g/mol. The topological polar surface area (TPSA) is 69.9 Å². The van der Waals surface area contributed by atoms with Crippen LogP contribution in [0.2, 0.25) is 0 Å². The van der Waals surface area contributed by atoms with Gasteiger partial charge in [0, 0.05) is 0 Å². The van der Waals surface area contributed by atoms with Gasteiger partial charge >= 0.3 is 8.60 Å². The van der Waals surface area contributed by atoms with Crippen molar-refractivity contribution in [2.24, 2.45) is 0 Å². The highest BCUT2D eigenvalue weighted by Crippen LogP contribution is 2.31. The number of para-hydroxylation sites is 1. The van der Waals surface area contributed by atoms with Crippen LogP contribution in [0.5, 0.6) is 5.75 Å². The lowest BCUT2D eigenvalue weighted by molar-refractivity contribution is 0.109. The number of rotatable bonds is 1. The molecule has 1 aromatic carbocycles. The Morgan fingerprint density at radius 2 is 1.53 bits per heavy atom. The molecule has 0 radical (unpaired) electrons. The Bertz CT molecular complexity index is 256. The van der Waals surface area contributed by atoms with Gasteiger partial charge in [0.05, 0.1) is 5.60 Å². The highest BCUT2D eigenvalue weighted by molar-refractivity contribution is 7.39. The number of phenolic OH excluding ortho intramolecular Hbond substituents is 1. The van der Waals surface area contributed by atoms with Crippen LogP contribution in [0.25, 0.3) is 0 Å². The van der Waals surface area contributed by atoms with Crippen LogP contribution in [-0.4, -0.2) is 20.5 Å². The van der Waals surface area contributed by atoms with Crippen molar-refractivity contribution in [3.63, 3.8) is 0 Å². The summed E-state index contributed by atoms with van der Waals surface area (Å²) in [7, 11) is -2.19. The predicted octanol–water partition coefficient (Wildman–Crippen LogP) is 2.41. The van der Waals surface area contributed by atoms with Crippen LogP contribution in [0.15, 0.2) is 30.3 Å². The highest BCUT2D eigenvalue weighted by atomic mass is 31.2. The van der Waals surface area contributed by atoms with Crippen LogP contribution >= 0.6 is 8.60 Å². The quantitative estimate of drug-likeness (QED) is 0.650. The third-order valence-corrected chi connectivity index (χ3v) is 1.82. The van der Waals surface area contributed by atoms with E-state index in [-0.39, 0.29) is 0 Å². The predicted molar refractivity (Wildman–Crippen MR) is 60.3 cm³/mol. The molecule has 0 saturated carbocycles. The molecule has 5 heteroatoms. The summed E-state index contributed by atoms with van der Waals surface area (Å²) in [5.74, 6) is 0.322. The molecule has 3 N–H and O–H groups in total. The van der Waals surface area contributed by atoms with Gasteiger partial charge in [0.15, 0.2) is 0 Å². The molecule has 0 aliphatic rings. The van der Waals surface area contributed by atoms with E-state index in [1.165, 1.54) is 0 Å². The molecule has 0 atom stereocenters. The third kappa shape index (κ3) is 11.3. The van der Waals surface area contributed by atoms with Crippen molar-refractivity contribution in [2.75, 3.05) is 0 Å². The van der Waals surface area contributed by atoms with Crippen molar-refractivity contribution < 1.29 is 19.4 Å². The summed E-state index contributed by atoms with van der Waals surface area (Å²) in [6.45, 7) is 5.28. The zero-order valence-corrected chi connectivity index (χ0v) is 9.98. The Kier molecular flexibility index (Phi) is 6.45. The molecule has 0 saturated heterocycles. The van der Waals surface area contributed by atoms with Crippen molar-refractivity contribution >= 4 is 8.60 Å². The molecule has 0 heterocycles. The average molecular weight is 232 g/mol. The van der Waals surface area contributed by atoms with Crippen molar-refractivity contribution in [3.8, 4) is 5.75 Å². The third-order valence-electron chi connectivity index (χ3n) is 1.11. The Morgan fingerprint density at radius 3 is 1.67 bits per heavy atom. The van der Waals surface area contributed by atoms with E-state index < -0.39 is 14.2 Å². The minimum absolute atomic E-state index is 0.322. The Labute approximate surface area is 91.2 Å². The number of hydrogen-bond acceptors (Lipinski definition) is 4. The van der Waals surface area contributed by atoms with Gasteiger partial charge in [-0.3, -0.25) is 0 Å². The van der Waals surface area contributed by atoms with Gasteiger partial charge in [0.1, 0.15) is 5.75 Å². The second-order valence-corrected chi connectivity index (χ2v) is 4.48. The first kappa shape index (κ1) is 14.3. The molecule has 0 aliphatic heterocycles. The Balaban J connectivity index is 0.000000262. The fourth-order valence-electron chi connectivity index (χ4n) is 0.673. The van der Waals surface area contributed by atoms with E-state index in [4.69, 9.17) is 14.9 Å². The molecule has 86 valence electrons. The molecule has 15 heavy (non-hydrogen) atoms. The van der Waals surface area contributed by atoms with Crippen LogP contribution in [0, 0.1) is 0 Å². The molecular formula is C10H17O4P. The first-order chi connectivity index (χ1) is 6.81. The molecule has 0 aromatic heterocycles. The van der Waals surface area contributed by atoms with Crippen molar-refractivity contribution in [1.29, 1.82) is 0 Å². The maximum absolute atomic E-state index is 8.63. The van der Waals surface area contributed by atoms with Crippen molar-refractivity contribution in [1.82, 2.24) is 0 Å². The summed E-state index contributed by atoms with van der Waals surface area (Å²) in [4.78, 5) is 16.6. The number of hydrogen-bond donors (Lipinski definition) is 3. The Morgan fingerprint density at radius 1 is 1.07 bits per heavy atom. The first-order valence-electron chi connectivity index (χ1n) is 4.42. The van der Waals surface area contributed by atoms with Gasteiger partial charge in [-0.2, -0.15) is 0 Å². The number of benzene rings is 1. The van der Waals surface area contributed by atoms with Gasteiger partial charge in [-0.05, 0) is 32.9 Å². The van der Waals surface area contributed by atoms with Crippen LogP contribution in [0.4, 0.5) is 0 Å². The molecule has 1 rings (SSSR count). The van der Waals surface area contributed by atoms with Crippen molar-refractivity contribution in [2.45, 2.75) is 26.4 Å². The number of phenols is 1.